The molecule has 6 heteroatoms. The quantitative estimate of drug-likeness (QED) is 0.465. The van der Waals surface area contributed by atoms with Crippen molar-refractivity contribution in [1.82, 2.24) is 0 Å². The van der Waals surface area contributed by atoms with Crippen molar-refractivity contribution >= 4 is 34.8 Å². The zero-order valence-corrected chi connectivity index (χ0v) is 17.4. The molecule has 0 radical (unpaired) electrons. The van der Waals surface area contributed by atoms with Crippen molar-refractivity contribution in [2.45, 2.75) is 19.1 Å². The van der Waals surface area contributed by atoms with Crippen LogP contribution in [0.5, 0.6) is 5.75 Å². The number of furan rings is 1. The minimum atomic E-state index is -0.324. The van der Waals surface area contributed by atoms with E-state index in [1.807, 2.05) is 55.5 Å². The van der Waals surface area contributed by atoms with Gasteiger partial charge in [-0.25, -0.2) is 4.90 Å². The van der Waals surface area contributed by atoms with Crippen LogP contribution in [-0.4, -0.2) is 18.4 Å². The lowest BCUT2D eigenvalue weighted by molar-refractivity contribution is -0.119. The zero-order chi connectivity index (χ0) is 20.9. The second kappa shape index (κ2) is 9.05. The molecule has 2 heterocycles. The first-order valence-corrected chi connectivity index (χ1v) is 10.7. The van der Waals surface area contributed by atoms with Crippen LogP contribution in [-0.2, 0) is 15.3 Å². The van der Waals surface area contributed by atoms with Crippen molar-refractivity contribution in [3.63, 3.8) is 0 Å². The molecule has 0 spiro atoms. The molecule has 1 aliphatic rings. The van der Waals surface area contributed by atoms with E-state index in [1.165, 1.54) is 16.7 Å². The molecule has 0 bridgehead atoms. The maximum Gasteiger partial charge on any atom is 0.272 e. The molecular weight excluding hydrogens is 398 g/mol. The third-order valence-electron chi connectivity index (χ3n) is 4.61. The number of amides is 2. The first-order chi connectivity index (χ1) is 14.7. The molecule has 30 heavy (non-hydrogen) atoms. The summed E-state index contributed by atoms with van der Waals surface area (Å²) in [4.78, 5) is 28.2. The molecule has 4 rings (SSSR count). The van der Waals surface area contributed by atoms with Gasteiger partial charge in [0.15, 0.2) is 0 Å². The van der Waals surface area contributed by atoms with E-state index in [0.29, 0.717) is 34.1 Å². The third kappa shape index (κ3) is 4.04. The minimum Gasteiger partial charge on any atom is -0.494 e. The molecule has 3 aromatic rings. The van der Waals surface area contributed by atoms with Gasteiger partial charge in [0.25, 0.3) is 11.8 Å². The van der Waals surface area contributed by atoms with Crippen LogP contribution in [0, 0.1) is 0 Å². The van der Waals surface area contributed by atoms with Crippen LogP contribution in [0.25, 0.3) is 5.57 Å². The van der Waals surface area contributed by atoms with Gasteiger partial charge in [0.05, 0.1) is 34.8 Å². The van der Waals surface area contributed by atoms with Gasteiger partial charge >= 0.3 is 0 Å². The Morgan fingerprint density at radius 2 is 1.70 bits per heavy atom. The lowest BCUT2D eigenvalue weighted by atomic mass is 10.1. The fraction of sp³-hybridized carbons (Fsp3) is 0.167. The summed E-state index contributed by atoms with van der Waals surface area (Å²) in [6.45, 7) is 2.67. The Kier molecular flexibility index (Phi) is 6.05. The number of hydrogen-bond donors (Lipinski definition) is 0. The predicted molar refractivity (Wildman–Crippen MR) is 118 cm³/mol. The van der Waals surface area contributed by atoms with Crippen LogP contribution in [0.15, 0.2) is 82.3 Å². The van der Waals surface area contributed by atoms with Gasteiger partial charge < -0.3 is 9.15 Å². The van der Waals surface area contributed by atoms with Crippen molar-refractivity contribution in [1.29, 1.82) is 0 Å². The van der Waals surface area contributed by atoms with E-state index in [-0.39, 0.29) is 11.8 Å². The van der Waals surface area contributed by atoms with E-state index in [1.54, 1.807) is 24.5 Å². The monoisotopic (exact) mass is 419 g/mol. The first kappa shape index (κ1) is 20.0. The second-order valence-corrected chi connectivity index (χ2v) is 7.71. The van der Waals surface area contributed by atoms with Crippen LogP contribution < -0.4 is 9.64 Å². The van der Waals surface area contributed by atoms with E-state index in [0.717, 1.165) is 17.9 Å². The van der Waals surface area contributed by atoms with Crippen LogP contribution in [0.1, 0.15) is 24.7 Å². The van der Waals surface area contributed by atoms with Gasteiger partial charge in [0.2, 0.25) is 0 Å². The fourth-order valence-corrected chi connectivity index (χ4v) is 4.20. The Morgan fingerprint density at radius 1 is 0.933 bits per heavy atom. The summed E-state index contributed by atoms with van der Waals surface area (Å²) in [7, 11) is 0. The highest BCUT2D eigenvalue weighted by Crippen LogP contribution is 2.39. The highest BCUT2D eigenvalue weighted by molar-refractivity contribution is 8.03. The SMILES string of the molecule is CCCOc1ccc(C2=C(SCc3ccco3)C(=O)N(c3ccccc3)C2=O)cc1. The average molecular weight is 420 g/mol. The van der Waals surface area contributed by atoms with Crippen LogP contribution in [0.3, 0.4) is 0 Å². The van der Waals surface area contributed by atoms with E-state index < -0.39 is 0 Å². The number of carbonyl (C=O) groups excluding carboxylic acids is 2. The number of benzene rings is 2. The summed E-state index contributed by atoms with van der Waals surface area (Å²) in [6, 6.07) is 20.0. The Balaban J connectivity index is 1.69. The van der Waals surface area contributed by atoms with Gasteiger partial charge in [0, 0.05) is 0 Å². The van der Waals surface area contributed by atoms with Gasteiger partial charge in [-0.3, -0.25) is 9.59 Å². The lowest BCUT2D eigenvalue weighted by Crippen LogP contribution is -2.31. The van der Waals surface area contributed by atoms with Gasteiger partial charge in [-0.2, -0.15) is 0 Å². The van der Waals surface area contributed by atoms with E-state index in [9.17, 15) is 9.59 Å². The van der Waals surface area contributed by atoms with E-state index >= 15 is 0 Å². The van der Waals surface area contributed by atoms with Crippen LogP contribution in [0.2, 0.25) is 0 Å². The molecule has 2 aromatic carbocycles. The van der Waals surface area contributed by atoms with Crippen molar-refractivity contribution in [3.8, 4) is 5.75 Å². The number of ether oxygens (including phenoxy) is 1. The summed E-state index contributed by atoms with van der Waals surface area (Å²) in [5, 5.41) is 0. The molecule has 0 aliphatic carbocycles. The maximum atomic E-state index is 13.3. The molecule has 0 unspecified atom stereocenters. The first-order valence-electron chi connectivity index (χ1n) is 9.75. The summed E-state index contributed by atoms with van der Waals surface area (Å²) in [6.07, 6.45) is 2.51. The zero-order valence-electron chi connectivity index (χ0n) is 16.5. The number of rotatable bonds is 8. The molecule has 152 valence electrons. The summed E-state index contributed by atoms with van der Waals surface area (Å²) in [5.74, 6) is 1.31. The van der Waals surface area contributed by atoms with Crippen LogP contribution >= 0.6 is 11.8 Å². The number of nitrogens with zero attached hydrogens (tertiary/aromatic N) is 1. The molecule has 0 fully saturated rings. The van der Waals surface area contributed by atoms with Crippen molar-refractivity contribution in [3.05, 3.63) is 89.2 Å². The van der Waals surface area contributed by atoms with Crippen molar-refractivity contribution in [2.75, 3.05) is 11.5 Å². The van der Waals surface area contributed by atoms with Gasteiger partial charge in [-0.05, 0) is 48.4 Å². The molecule has 0 saturated heterocycles. The molecule has 0 saturated carbocycles. The minimum absolute atomic E-state index is 0.316. The number of hydrogen-bond acceptors (Lipinski definition) is 5. The summed E-state index contributed by atoms with van der Waals surface area (Å²) < 4.78 is 11.0. The Labute approximate surface area is 179 Å². The molecule has 2 amide bonds. The predicted octanol–water partition coefficient (Wildman–Crippen LogP) is 5.29. The van der Waals surface area contributed by atoms with E-state index in [4.69, 9.17) is 9.15 Å². The molecule has 0 N–H and O–H groups in total. The normalized spacial score (nSPS) is 14.0. The highest BCUT2D eigenvalue weighted by Gasteiger charge is 2.40. The largest absolute Gasteiger partial charge is 0.494 e. The summed E-state index contributed by atoms with van der Waals surface area (Å²) in [5.41, 5.74) is 1.65. The fourth-order valence-electron chi connectivity index (χ4n) is 3.19. The third-order valence-corrected chi connectivity index (χ3v) is 5.71. The molecule has 1 aliphatic heterocycles. The Morgan fingerprint density at radius 3 is 2.37 bits per heavy atom. The number of anilines is 1. The summed E-state index contributed by atoms with van der Waals surface area (Å²) >= 11 is 1.32. The lowest BCUT2D eigenvalue weighted by Gasteiger charge is -2.15. The highest BCUT2D eigenvalue weighted by atomic mass is 32.2. The van der Waals surface area contributed by atoms with E-state index in [2.05, 4.69) is 0 Å². The standard InChI is InChI=1S/C24H21NO4S/c1-2-14-28-19-12-10-17(11-13-19)21-22(30-16-20-9-6-15-29-20)24(27)25(23(21)26)18-7-4-3-5-8-18/h3-13,15H,2,14,16H2,1H3. The molecule has 1 aromatic heterocycles. The smallest absolute Gasteiger partial charge is 0.272 e. The van der Waals surface area contributed by atoms with Gasteiger partial charge in [-0.15, -0.1) is 11.8 Å². The molecular formula is C24H21NO4S. The maximum absolute atomic E-state index is 13.3. The van der Waals surface area contributed by atoms with Crippen molar-refractivity contribution < 1.29 is 18.7 Å². The second-order valence-electron chi connectivity index (χ2n) is 6.73. The van der Waals surface area contributed by atoms with Crippen molar-refractivity contribution in [2.24, 2.45) is 0 Å². The van der Waals surface area contributed by atoms with Crippen LogP contribution in [0.4, 0.5) is 5.69 Å². The number of carbonyl (C=O) groups is 2. The average Bonchev–Trinajstić information content (AvgIpc) is 3.38. The van der Waals surface area contributed by atoms with Gasteiger partial charge in [0.1, 0.15) is 11.5 Å². The number of imide groups is 1. The van der Waals surface area contributed by atoms with Gasteiger partial charge in [-0.1, -0.05) is 37.3 Å². The number of para-hydroxylation sites is 1. The Hall–Kier alpha value is -3.25. The topological polar surface area (TPSA) is 59.8 Å². The molecule has 5 nitrogen and oxygen atoms in total. The number of thioether (sulfide) groups is 1. The molecule has 0 atom stereocenters. The Bertz CT molecular complexity index is 1060.